The Morgan fingerprint density at radius 3 is 2.72 bits per heavy atom. The van der Waals surface area contributed by atoms with Crippen molar-refractivity contribution >= 4 is 28.7 Å². The van der Waals surface area contributed by atoms with E-state index in [0.29, 0.717) is 22.0 Å². The summed E-state index contributed by atoms with van der Waals surface area (Å²) in [6, 6.07) is 11.0. The first-order valence-electron chi connectivity index (χ1n) is 5.12. The minimum atomic E-state index is -0.422. The van der Waals surface area contributed by atoms with Gasteiger partial charge in [-0.2, -0.15) is 5.26 Å². The van der Waals surface area contributed by atoms with E-state index in [9.17, 15) is 4.39 Å². The molecule has 0 aromatic heterocycles. The van der Waals surface area contributed by atoms with Crippen molar-refractivity contribution in [2.24, 2.45) is 0 Å². The molecule has 3 nitrogen and oxygen atoms in total. The number of nitrogen functional groups attached to an aromatic ring is 1. The molecule has 0 saturated carbocycles. The average molecular weight is 262 g/mol. The largest absolute Gasteiger partial charge is 0.398 e. The van der Waals surface area contributed by atoms with Crippen molar-refractivity contribution in [1.29, 1.82) is 5.26 Å². The van der Waals surface area contributed by atoms with Crippen LogP contribution in [0.4, 0.5) is 21.5 Å². The Morgan fingerprint density at radius 1 is 1.22 bits per heavy atom. The third-order valence-corrected chi connectivity index (χ3v) is 2.62. The fourth-order valence-electron chi connectivity index (χ4n) is 1.48. The van der Waals surface area contributed by atoms with E-state index in [1.165, 1.54) is 18.2 Å². The molecule has 0 aliphatic heterocycles. The van der Waals surface area contributed by atoms with Crippen molar-refractivity contribution in [2.45, 2.75) is 0 Å². The van der Waals surface area contributed by atoms with Crippen LogP contribution in [0.2, 0.25) is 5.02 Å². The van der Waals surface area contributed by atoms with Gasteiger partial charge < -0.3 is 11.1 Å². The molecule has 18 heavy (non-hydrogen) atoms. The molecule has 5 heteroatoms. The summed E-state index contributed by atoms with van der Waals surface area (Å²) in [5.41, 5.74) is 7.14. The first kappa shape index (κ1) is 12.2. The quantitative estimate of drug-likeness (QED) is 0.811. The number of benzene rings is 2. The van der Waals surface area contributed by atoms with E-state index in [1.807, 2.05) is 6.07 Å². The number of nitriles is 1. The van der Waals surface area contributed by atoms with E-state index in [1.54, 1.807) is 18.2 Å². The lowest BCUT2D eigenvalue weighted by atomic mass is 10.1. The van der Waals surface area contributed by atoms with Crippen LogP contribution in [-0.2, 0) is 0 Å². The van der Waals surface area contributed by atoms with Crippen molar-refractivity contribution in [3.8, 4) is 6.07 Å². The predicted molar refractivity (Wildman–Crippen MR) is 70.3 cm³/mol. The smallest absolute Gasteiger partial charge is 0.146 e. The normalized spacial score (nSPS) is 9.83. The van der Waals surface area contributed by atoms with Crippen LogP contribution in [-0.4, -0.2) is 0 Å². The average Bonchev–Trinajstić information content (AvgIpc) is 2.36. The molecule has 0 saturated heterocycles. The van der Waals surface area contributed by atoms with Gasteiger partial charge >= 0.3 is 0 Å². The Morgan fingerprint density at radius 2 is 2.00 bits per heavy atom. The van der Waals surface area contributed by atoms with Gasteiger partial charge in [0.15, 0.2) is 0 Å². The minimum Gasteiger partial charge on any atom is -0.398 e. The first-order chi connectivity index (χ1) is 8.60. The van der Waals surface area contributed by atoms with Crippen molar-refractivity contribution in [2.75, 3.05) is 11.1 Å². The van der Waals surface area contributed by atoms with Gasteiger partial charge in [0.05, 0.1) is 11.3 Å². The first-order valence-corrected chi connectivity index (χ1v) is 5.49. The summed E-state index contributed by atoms with van der Waals surface area (Å²) in [5, 5.41) is 12.1. The molecular weight excluding hydrogens is 253 g/mol. The topological polar surface area (TPSA) is 61.8 Å². The standard InChI is InChI=1S/C13H9ClFN3/c14-9-1-3-11(15)13(6-9)18-10-2-4-12(17)8(5-10)7-16/h1-6,18H,17H2. The predicted octanol–water partition coefficient (Wildman–Crippen LogP) is 3.68. The highest BCUT2D eigenvalue weighted by molar-refractivity contribution is 6.30. The van der Waals surface area contributed by atoms with Crippen LogP contribution in [0.25, 0.3) is 0 Å². The van der Waals surface area contributed by atoms with Crippen LogP contribution in [0.1, 0.15) is 5.56 Å². The molecule has 2 aromatic rings. The number of nitrogens with one attached hydrogen (secondary N) is 1. The maximum absolute atomic E-state index is 13.5. The number of hydrogen-bond acceptors (Lipinski definition) is 3. The van der Waals surface area contributed by atoms with Crippen LogP contribution < -0.4 is 11.1 Å². The van der Waals surface area contributed by atoms with E-state index in [0.717, 1.165) is 0 Å². The molecule has 0 aliphatic carbocycles. The van der Waals surface area contributed by atoms with Crippen molar-refractivity contribution < 1.29 is 4.39 Å². The highest BCUT2D eigenvalue weighted by atomic mass is 35.5. The van der Waals surface area contributed by atoms with Gasteiger partial charge in [0.1, 0.15) is 11.9 Å². The number of halogens is 2. The Balaban J connectivity index is 2.34. The summed E-state index contributed by atoms with van der Waals surface area (Å²) in [6.45, 7) is 0. The lowest BCUT2D eigenvalue weighted by Gasteiger charge is -2.09. The van der Waals surface area contributed by atoms with Gasteiger partial charge in [0.2, 0.25) is 0 Å². The Labute approximate surface area is 109 Å². The highest BCUT2D eigenvalue weighted by Crippen LogP contribution is 2.25. The molecule has 0 spiro atoms. The lowest BCUT2D eigenvalue weighted by Crippen LogP contribution is -1.96. The number of nitrogens with two attached hydrogens (primary N) is 1. The molecule has 0 fully saturated rings. The van der Waals surface area contributed by atoms with Gasteiger partial charge in [0, 0.05) is 16.4 Å². The third kappa shape index (κ3) is 2.53. The summed E-state index contributed by atoms with van der Waals surface area (Å²) < 4.78 is 13.5. The fraction of sp³-hybridized carbons (Fsp3) is 0. The molecule has 2 aromatic carbocycles. The molecule has 0 bridgehead atoms. The SMILES string of the molecule is N#Cc1cc(Nc2cc(Cl)ccc2F)ccc1N. The van der Waals surface area contributed by atoms with E-state index in [4.69, 9.17) is 22.6 Å². The summed E-state index contributed by atoms with van der Waals surface area (Å²) in [7, 11) is 0. The summed E-state index contributed by atoms with van der Waals surface area (Å²) in [6.07, 6.45) is 0. The van der Waals surface area contributed by atoms with Crippen LogP contribution in [0, 0.1) is 17.1 Å². The molecule has 3 N–H and O–H groups in total. The Hall–Kier alpha value is -2.25. The number of rotatable bonds is 2. The molecule has 0 radical (unpaired) electrons. The second kappa shape index (κ2) is 4.94. The summed E-state index contributed by atoms with van der Waals surface area (Å²) >= 11 is 5.79. The van der Waals surface area contributed by atoms with Crippen LogP contribution in [0.15, 0.2) is 36.4 Å². The third-order valence-electron chi connectivity index (χ3n) is 2.38. The molecular formula is C13H9ClFN3. The number of anilines is 3. The fourth-order valence-corrected chi connectivity index (χ4v) is 1.65. The van der Waals surface area contributed by atoms with Crippen LogP contribution in [0.5, 0.6) is 0 Å². The van der Waals surface area contributed by atoms with Gasteiger partial charge in [-0.25, -0.2) is 4.39 Å². The zero-order chi connectivity index (χ0) is 13.1. The summed E-state index contributed by atoms with van der Waals surface area (Å²) in [5.74, 6) is -0.422. The maximum Gasteiger partial charge on any atom is 0.146 e. The minimum absolute atomic E-state index is 0.246. The van der Waals surface area contributed by atoms with Gasteiger partial charge in [0.25, 0.3) is 0 Å². The van der Waals surface area contributed by atoms with Gasteiger partial charge in [-0.05, 0) is 36.4 Å². The van der Waals surface area contributed by atoms with Gasteiger partial charge in [-0.3, -0.25) is 0 Å². The lowest BCUT2D eigenvalue weighted by molar-refractivity contribution is 0.632. The second-order valence-corrected chi connectivity index (χ2v) is 4.10. The van der Waals surface area contributed by atoms with Crippen molar-refractivity contribution in [3.63, 3.8) is 0 Å². The van der Waals surface area contributed by atoms with Crippen LogP contribution >= 0.6 is 11.6 Å². The molecule has 0 heterocycles. The molecule has 0 atom stereocenters. The highest BCUT2D eigenvalue weighted by Gasteiger charge is 2.05. The van der Waals surface area contributed by atoms with Gasteiger partial charge in [-0.1, -0.05) is 11.6 Å². The number of hydrogen-bond donors (Lipinski definition) is 2. The molecule has 0 amide bonds. The maximum atomic E-state index is 13.5. The van der Waals surface area contributed by atoms with E-state index in [2.05, 4.69) is 5.32 Å². The number of nitrogens with zero attached hydrogens (tertiary/aromatic N) is 1. The van der Waals surface area contributed by atoms with E-state index >= 15 is 0 Å². The molecule has 90 valence electrons. The zero-order valence-electron chi connectivity index (χ0n) is 9.24. The zero-order valence-corrected chi connectivity index (χ0v) is 10.0. The Kier molecular flexibility index (Phi) is 3.35. The van der Waals surface area contributed by atoms with Crippen LogP contribution in [0.3, 0.4) is 0 Å². The molecule has 0 unspecified atom stereocenters. The van der Waals surface area contributed by atoms with E-state index in [-0.39, 0.29) is 5.69 Å². The van der Waals surface area contributed by atoms with E-state index < -0.39 is 5.82 Å². The molecule has 2 rings (SSSR count). The monoisotopic (exact) mass is 261 g/mol. The second-order valence-electron chi connectivity index (χ2n) is 3.66. The Bertz CT molecular complexity index is 635. The van der Waals surface area contributed by atoms with Gasteiger partial charge in [-0.15, -0.1) is 0 Å². The van der Waals surface area contributed by atoms with Crippen molar-refractivity contribution in [1.82, 2.24) is 0 Å². The van der Waals surface area contributed by atoms with Crippen molar-refractivity contribution in [3.05, 3.63) is 52.8 Å². The summed E-state index contributed by atoms with van der Waals surface area (Å²) in [4.78, 5) is 0. The molecule has 0 aliphatic rings.